The van der Waals surface area contributed by atoms with E-state index in [1.54, 1.807) is 13.8 Å². The number of ether oxygens (including phenoxy) is 2. The molecule has 0 aliphatic heterocycles. The van der Waals surface area contributed by atoms with Crippen LogP contribution in [0.4, 0.5) is 0 Å². The van der Waals surface area contributed by atoms with E-state index in [1.807, 2.05) is 39.0 Å². The number of aliphatic carboxylic acids is 1. The van der Waals surface area contributed by atoms with Crippen LogP contribution in [0.15, 0.2) is 18.2 Å². The second-order valence-corrected chi connectivity index (χ2v) is 5.88. The van der Waals surface area contributed by atoms with Gasteiger partial charge in [-0.1, -0.05) is 12.1 Å². The molecule has 0 spiro atoms. The van der Waals surface area contributed by atoms with Crippen molar-refractivity contribution in [3.8, 4) is 5.75 Å². The van der Waals surface area contributed by atoms with Crippen LogP contribution in [0, 0.1) is 19.3 Å². The molecule has 1 atom stereocenters. The summed E-state index contributed by atoms with van der Waals surface area (Å²) in [4.78, 5) is 11.3. The molecule has 118 valence electrons. The van der Waals surface area contributed by atoms with Crippen molar-refractivity contribution >= 4 is 5.97 Å². The summed E-state index contributed by atoms with van der Waals surface area (Å²) in [6.45, 7) is 10.2. The van der Waals surface area contributed by atoms with Gasteiger partial charge in [-0.3, -0.25) is 4.79 Å². The van der Waals surface area contributed by atoms with Crippen LogP contribution in [0.3, 0.4) is 0 Å². The fourth-order valence-electron chi connectivity index (χ4n) is 2.13. The first-order chi connectivity index (χ1) is 9.78. The number of rotatable bonds is 8. The molecular weight excluding hydrogens is 268 g/mol. The highest BCUT2D eigenvalue weighted by molar-refractivity contribution is 5.74. The van der Waals surface area contributed by atoms with Crippen LogP contribution >= 0.6 is 0 Å². The zero-order valence-electron chi connectivity index (χ0n) is 13.6. The molecule has 1 aromatic rings. The Kier molecular flexibility index (Phi) is 6.21. The van der Waals surface area contributed by atoms with Crippen LogP contribution in [-0.4, -0.2) is 30.4 Å². The Bertz CT molecular complexity index is 480. The average molecular weight is 294 g/mol. The van der Waals surface area contributed by atoms with Crippen molar-refractivity contribution in [2.45, 2.75) is 47.1 Å². The van der Waals surface area contributed by atoms with Gasteiger partial charge < -0.3 is 14.6 Å². The highest BCUT2D eigenvalue weighted by Crippen LogP contribution is 2.27. The van der Waals surface area contributed by atoms with Gasteiger partial charge in [0.25, 0.3) is 0 Å². The molecule has 0 saturated heterocycles. The standard InChI is InChI=1S/C17H26O4/c1-6-20-15(17(4,5)16(18)19)9-10-21-14-11-12(2)7-8-13(14)3/h7-8,11,15H,6,9-10H2,1-5H3,(H,18,19). The van der Waals surface area contributed by atoms with Crippen molar-refractivity contribution in [3.63, 3.8) is 0 Å². The van der Waals surface area contributed by atoms with Gasteiger partial charge in [0, 0.05) is 13.0 Å². The lowest BCUT2D eigenvalue weighted by molar-refractivity contribution is -0.157. The second-order valence-electron chi connectivity index (χ2n) is 5.88. The first kappa shape index (κ1) is 17.5. The van der Waals surface area contributed by atoms with Gasteiger partial charge in [0.1, 0.15) is 5.75 Å². The summed E-state index contributed by atoms with van der Waals surface area (Å²) in [6, 6.07) is 6.05. The zero-order chi connectivity index (χ0) is 16.0. The molecular formula is C17H26O4. The summed E-state index contributed by atoms with van der Waals surface area (Å²) < 4.78 is 11.4. The van der Waals surface area contributed by atoms with E-state index < -0.39 is 11.4 Å². The number of aryl methyl sites for hydroxylation is 2. The number of hydrogen-bond donors (Lipinski definition) is 1. The Morgan fingerprint density at radius 2 is 2.00 bits per heavy atom. The normalized spacial score (nSPS) is 13.0. The van der Waals surface area contributed by atoms with E-state index in [1.165, 1.54) is 0 Å². The van der Waals surface area contributed by atoms with Crippen molar-refractivity contribution in [3.05, 3.63) is 29.3 Å². The molecule has 0 saturated carbocycles. The summed E-state index contributed by atoms with van der Waals surface area (Å²) in [6.07, 6.45) is 0.172. The minimum Gasteiger partial charge on any atom is -0.493 e. The highest BCUT2D eigenvalue weighted by Gasteiger charge is 2.37. The van der Waals surface area contributed by atoms with Crippen LogP contribution < -0.4 is 4.74 Å². The molecule has 0 fully saturated rings. The third kappa shape index (κ3) is 4.74. The maximum absolute atomic E-state index is 11.3. The molecule has 0 aromatic heterocycles. The van der Waals surface area contributed by atoms with Gasteiger partial charge in [-0.25, -0.2) is 0 Å². The Balaban J connectivity index is 2.66. The molecule has 4 nitrogen and oxygen atoms in total. The van der Waals surface area contributed by atoms with Gasteiger partial charge in [-0.05, 0) is 51.8 Å². The van der Waals surface area contributed by atoms with Gasteiger partial charge in [0.05, 0.1) is 18.1 Å². The zero-order valence-corrected chi connectivity index (χ0v) is 13.6. The molecule has 1 aromatic carbocycles. The summed E-state index contributed by atoms with van der Waals surface area (Å²) in [5.41, 5.74) is 1.29. The Hall–Kier alpha value is -1.55. The van der Waals surface area contributed by atoms with Crippen LogP contribution in [0.2, 0.25) is 0 Å². The number of carbonyl (C=O) groups is 1. The first-order valence-electron chi connectivity index (χ1n) is 7.34. The maximum Gasteiger partial charge on any atom is 0.311 e. The highest BCUT2D eigenvalue weighted by atomic mass is 16.5. The van der Waals surface area contributed by atoms with Crippen molar-refractivity contribution in [2.75, 3.05) is 13.2 Å². The molecule has 0 aliphatic rings. The molecule has 1 N–H and O–H groups in total. The fourth-order valence-corrected chi connectivity index (χ4v) is 2.13. The van der Waals surface area contributed by atoms with Crippen LogP contribution in [0.25, 0.3) is 0 Å². The van der Waals surface area contributed by atoms with Crippen LogP contribution in [0.5, 0.6) is 5.75 Å². The lowest BCUT2D eigenvalue weighted by Gasteiger charge is -2.30. The minimum absolute atomic E-state index is 0.370. The Morgan fingerprint density at radius 1 is 1.33 bits per heavy atom. The summed E-state index contributed by atoms with van der Waals surface area (Å²) in [7, 11) is 0. The van der Waals surface area contributed by atoms with Gasteiger partial charge in [-0.2, -0.15) is 0 Å². The van der Waals surface area contributed by atoms with E-state index in [2.05, 4.69) is 0 Å². The lowest BCUT2D eigenvalue weighted by atomic mass is 9.85. The Labute approximate surface area is 127 Å². The number of carboxylic acid groups (broad SMARTS) is 1. The van der Waals surface area contributed by atoms with E-state index in [9.17, 15) is 9.90 Å². The van der Waals surface area contributed by atoms with Gasteiger partial charge >= 0.3 is 5.97 Å². The number of benzene rings is 1. The van der Waals surface area contributed by atoms with Crippen molar-refractivity contribution in [1.29, 1.82) is 0 Å². The first-order valence-corrected chi connectivity index (χ1v) is 7.34. The summed E-state index contributed by atoms with van der Waals surface area (Å²) >= 11 is 0. The van der Waals surface area contributed by atoms with E-state index >= 15 is 0 Å². The van der Waals surface area contributed by atoms with Crippen molar-refractivity contribution < 1.29 is 19.4 Å². The molecule has 0 aliphatic carbocycles. The molecule has 1 rings (SSSR count). The third-order valence-corrected chi connectivity index (χ3v) is 3.71. The summed E-state index contributed by atoms with van der Waals surface area (Å²) in [5.74, 6) is -0.00827. The van der Waals surface area contributed by atoms with Gasteiger partial charge in [0.15, 0.2) is 0 Å². The molecule has 4 heteroatoms. The minimum atomic E-state index is -0.930. The summed E-state index contributed by atoms with van der Waals surface area (Å²) in [5, 5.41) is 9.31. The van der Waals surface area contributed by atoms with Crippen LogP contribution in [-0.2, 0) is 9.53 Å². The molecule has 0 amide bonds. The number of hydrogen-bond acceptors (Lipinski definition) is 3. The topological polar surface area (TPSA) is 55.8 Å². The molecule has 0 radical (unpaired) electrons. The van der Waals surface area contributed by atoms with Crippen molar-refractivity contribution in [1.82, 2.24) is 0 Å². The largest absolute Gasteiger partial charge is 0.493 e. The maximum atomic E-state index is 11.3. The van der Waals surface area contributed by atoms with Crippen molar-refractivity contribution in [2.24, 2.45) is 5.41 Å². The molecule has 21 heavy (non-hydrogen) atoms. The quantitative estimate of drug-likeness (QED) is 0.796. The lowest BCUT2D eigenvalue weighted by Crippen LogP contribution is -2.40. The van der Waals surface area contributed by atoms with E-state index in [0.29, 0.717) is 19.6 Å². The van der Waals surface area contributed by atoms with Gasteiger partial charge in [-0.15, -0.1) is 0 Å². The average Bonchev–Trinajstić information content (AvgIpc) is 2.41. The third-order valence-electron chi connectivity index (χ3n) is 3.71. The SMILES string of the molecule is CCOC(CCOc1cc(C)ccc1C)C(C)(C)C(=O)O. The second kappa shape index (κ2) is 7.46. The predicted molar refractivity (Wildman–Crippen MR) is 82.9 cm³/mol. The van der Waals surface area contributed by atoms with E-state index in [-0.39, 0.29) is 6.10 Å². The van der Waals surface area contributed by atoms with Crippen LogP contribution in [0.1, 0.15) is 38.3 Å². The molecule has 0 heterocycles. The smallest absolute Gasteiger partial charge is 0.311 e. The Morgan fingerprint density at radius 3 is 2.57 bits per heavy atom. The molecule has 1 unspecified atom stereocenters. The van der Waals surface area contributed by atoms with E-state index in [4.69, 9.17) is 9.47 Å². The molecule has 0 bridgehead atoms. The van der Waals surface area contributed by atoms with E-state index in [0.717, 1.165) is 16.9 Å². The fraction of sp³-hybridized carbons (Fsp3) is 0.588. The predicted octanol–water partition coefficient (Wildman–Crippen LogP) is 3.59. The number of carboxylic acids is 1. The monoisotopic (exact) mass is 294 g/mol. The van der Waals surface area contributed by atoms with Gasteiger partial charge in [0.2, 0.25) is 0 Å².